The molecule has 34 heavy (non-hydrogen) atoms. The highest BCUT2D eigenvalue weighted by Gasteiger charge is 2.39. The molecular weight excluding hydrogens is 434 g/mol. The van der Waals surface area contributed by atoms with Gasteiger partial charge in [-0.3, -0.25) is 29.3 Å². The van der Waals surface area contributed by atoms with E-state index in [4.69, 9.17) is 0 Å². The van der Waals surface area contributed by atoms with Crippen LogP contribution in [0.2, 0.25) is 0 Å². The summed E-state index contributed by atoms with van der Waals surface area (Å²) in [6, 6.07) is 14.1. The fraction of sp³-hybridized carbons (Fsp3) is 0.269. The van der Waals surface area contributed by atoms with E-state index in [9.17, 15) is 24.0 Å². The number of carbonyl (C=O) groups excluding carboxylic acids is 5. The van der Waals surface area contributed by atoms with Crippen LogP contribution >= 0.6 is 0 Å². The predicted octanol–water partition coefficient (Wildman–Crippen LogP) is 2.46. The molecule has 2 aliphatic heterocycles. The molecule has 1 unspecified atom stereocenters. The Hall–Kier alpha value is -4.07. The number of benzene rings is 2. The fourth-order valence-electron chi connectivity index (χ4n) is 4.82. The summed E-state index contributed by atoms with van der Waals surface area (Å²) in [7, 11) is 0. The third-order valence-corrected chi connectivity index (χ3v) is 6.65. The molecule has 2 aromatic carbocycles. The molecule has 0 radical (unpaired) electrons. The Morgan fingerprint density at radius 2 is 1.68 bits per heavy atom. The van der Waals surface area contributed by atoms with Gasteiger partial charge in [-0.2, -0.15) is 0 Å². The van der Waals surface area contributed by atoms with Crippen molar-refractivity contribution in [3.8, 4) is 0 Å². The van der Waals surface area contributed by atoms with Crippen LogP contribution in [0.5, 0.6) is 0 Å². The molecule has 3 aliphatic rings. The number of nitrogens with zero attached hydrogens (tertiary/aromatic N) is 1. The van der Waals surface area contributed by atoms with Gasteiger partial charge in [-0.05, 0) is 35.6 Å². The number of amides is 3. The van der Waals surface area contributed by atoms with Crippen LogP contribution in [0.4, 0.5) is 5.69 Å². The second-order valence-corrected chi connectivity index (χ2v) is 8.84. The number of carbonyl (C=O) groups is 5. The average Bonchev–Trinajstić information content (AvgIpc) is 3.14. The standard InChI is InChI=1S/C26H23N3O5/c30-22-10-17(15-4-2-1-3-5-15)11-23(31)20(22)13-27-18-7-6-16-14-29(26(34)19(16)12-18)21-8-9-24(32)28-25(21)33/h1-7,12-13,17,21,27H,8-11,14H2,(H,28,32,33). The van der Waals surface area contributed by atoms with Crippen LogP contribution in [0.3, 0.4) is 0 Å². The summed E-state index contributed by atoms with van der Waals surface area (Å²) in [5, 5.41) is 5.28. The Bertz CT molecular complexity index is 1230. The molecule has 0 spiro atoms. The summed E-state index contributed by atoms with van der Waals surface area (Å²) in [6.45, 7) is 0.291. The molecule has 1 saturated carbocycles. The van der Waals surface area contributed by atoms with Crippen LogP contribution in [0, 0.1) is 0 Å². The number of hydrogen-bond donors (Lipinski definition) is 2. The number of nitrogens with one attached hydrogen (secondary N) is 2. The second kappa shape index (κ2) is 8.70. The van der Waals surface area contributed by atoms with E-state index in [0.717, 1.165) is 11.1 Å². The van der Waals surface area contributed by atoms with E-state index < -0.39 is 11.9 Å². The molecule has 8 nitrogen and oxygen atoms in total. The van der Waals surface area contributed by atoms with E-state index in [1.54, 1.807) is 18.2 Å². The minimum absolute atomic E-state index is 0.116. The van der Waals surface area contributed by atoms with Crippen molar-refractivity contribution in [1.82, 2.24) is 10.2 Å². The largest absolute Gasteiger partial charge is 0.361 e. The Labute approximate surface area is 196 Å². The molecule has 2 fully saturated rings. The number of imide groups is 1. The molecule has 1 atom stereocenters. The Morgan fingerprint density at radius 3 is 2.38 bits per heavy atom. The zero-order valence-corrected chi connectivity index (χ0v) is 18.4. The lowest BCUT2D eigenvalue weighted by molar-refractivity contribution is -0.137. The first-order valence-corrected chi connectivity index (χ1v) is 11.3. The minimum Gasteiger partial charge on any atom is -0.361 e. The van der Waals surface area contributed by atoms with Crippen molar-refractivity contribution in [2.45, 2.75) is 44.2 Å². The molecule has 5 rings (SSSR count). The Balaban J connectivity index is 1.28. The van der Waals surface area contributed by atoms with Gasteiger partial charge in [0.15, 0.2) is 11.6 Å². The number of Topliss-reactive ketones (excluding diaryl/α,β-unsaturated/α-hetero) is 2. The zero-order chi connectivity index (χ0) is 23.8. The van der Waals surface area contributed by atoms with Gasteiger partial charge in [0.2, 0.25) is 11.8 Å². The average molecular weight is 457 g/mol. The molecule has 2 aromatic rings. The van der Waals surface area contributed by atoms with Crippen molar-refractivity contribution in [2.75, 3.05) is 5.32 Å². The van der Waals surface area contributed by atoms with E-state index in [1.165, 1.54) is 11.1 Å². The maximum atomic E-state index is 13.0. The van der Waals surface area contributed by atoms with Crippen LogP contribution in [-0.2, 0) is 25.7 Å². The number of piperidine rings is 1. The van der Waals surface area contributed by atoms with Crippen LogP contribution in [0.15, 0.2) is 60.3 Å². The smallest absolute Gasteiger partial charge is 0.255 e. The highest BCUT2D eigenvalue weighted by Crippen LogP contribution is 2.32. The van der Waals surface area contributed by atoms with Crippen LogP contribution in [-0.4, -0.2) is 40.2 Å². The maximum absolute atomic E-state index is 13.0. The van der Waals surface area contributed by atoms with E-state index >= 15 is 0 Å². The molecule has 0 aromatic heterocycles. The molecule has 3 amide bonds. The molecule has 172 valence electrons. The van der Waals surface area contributed by atoms with Crippen LogP contribution in [0.1, 0.15) is 53.1 Å². The quantitative estimate of drug-likeness (QED) is 0.414. The first-order chi connectivity index (χ1) is 16.4. The highest BCUT2D eigenvalue weighted by molar-refractivity contribution is 6.22. The number of hydrogen-bond acceptors (Lipinski definition) is 6. The van der Waals surface area contributed by atoms with Crippen molar-refractivity contribution in [1.29, 1.82) is 0 Å². The topological polar surface area (TPSA) is 113 Å². The van der Waals surface area contributed by atoms with Crippen molar-refractivity contribution in [3.05, 3.63) is 77.0 Å². The number of allylic oxidation sites excluding steroid dienone is 1. The minimum atomic E-state index is -0.675. The molecule has 2 heterocycles. The third-order valence-electron chi connectivity index (χ3n) is 6.65. The monoisotopic (exact) mass is 457 g/mol. The SMILES string of the molecule is O=C1CCC(N2Cc3ccc(NC=C4C(=O)CC(c5ccccc5)CC4=O)cc3C2=O)C(=O)N1. The van der Waals surface area contributed by atoms with Crippen molar-refractivity contribution in [3.63, 3.8) is 0 Å². The molecule has 2 N–H and O–H groups in total. The lowest BCUT2D eigenvalue weighted by atomic mass is 9.80. The van der Waals surface area contributed by atoms with Crippen LogP contribution < -0.4 is 10.6 Å². The number of ketones is 2. The van der Waals surface area contributed by atoms with Crippen molar-refractivity contribution < 1.29 is 24.0 Å². The number of fused-ring (bicyclic) bond motifs is 1. The molecule has 1 aliphatic carbocycles. The van der Waals surface area contributed by atoms with E-state index in [0.29, 0.717) is 24.2 Å². The Morgan fingerprint density at radius 1 is 0.941 bits per heavy atom. The molecule has 1 saturated heterocycles. The van der Waals surface area contributed by atoms with Gasteiger partial charge in [-0.25, -0.2) is 0 Å². The summed E-state index contributed by atoms with van der Waals surface area (Å²) in [5.41, 5.74) is 2.91. The lowest BCUT2D eigenvalue weighted by Gasteiger charge is -2.29. The van der Waals surface area contributed by atoms with Gasteiger partial charge in [0.05, 0.1) is 5.57 Å². The van der Waals surface area contributed by atoms with Gasteiger partial charge in [-0.1, -0.05) is 36.4 Å². The second-order valence-electron chi connectivity index (χ2n) is 8.84. The summed E-state index contributed by atoms with van der Waals surface area (Å²) in [5.74, 6) is -1.60. The van der Waals surface area contributed by atoms with Gasteiger partial charge in [0.25, 0.3) is 5.91 Å². The fourth-order valence-corrected chi connectivity index (χ4v) is 4.82. The predicted molar refractivity (Wildman–Crippen MR) is 123 cm³/mol. The van der Waals surface area contributed by atoms with Gasteiger partial charge in [0.1, 0.15) is 6.04 Å². The van der Waals surface area contributed by atoms with Gasteiger partial charge in [0, 0.05) is 43.3 Å². The maximum Gasteiger partial charge on any atom is 0.255 e. The summed E-state index contributed by atoms with van der Waals surface area (Å²) in [6.07, 6.45) is 2.46. The van der Waals surface area contributed by atoms with Crippen LogP contribution in [0.25, 0.3) is 0 Å². The van der Waals surface area contributed by atoms with E-state index in [-0.39, 0.29) is 54.1 Å². The first-order valence-electron chi connectivity index (χ1n) is 11.3. The molecule has 0 bridgehead atoms. The summed E-state index contributed by atoms with van der Waals surface area (Å²) < 4.78 is 0. The lowest BCUT2D eigenvalue weighted by Crippen LogP contribution is -2.52. The van der Waals surface area contributed by atoms with Gasteiger partial charge < -0.3 is 10.2 Å². The summed E-state index contributed by atoms with van der Waals surface area (Å²) in [4.78, 5) is 63.4. The molecular formula is C26H23N3O5. The zero-order valence-electron chi connectivity index (χ0n) is 18.4. The van der Waals surface area contributed by atoms with Gasteiger partial charge in [-0.15, -0.1) is 0 Å². The summed E-state index contributed by atoms with van der Waals surface area (Å²) >= 11 is 0. The highest BCUT2D eigenvalue weighted by atomic mass is 16.2. The molecule has 8 heteroatoms. The normalized spacial score (nSPS) is 22.5. The number of anilines is 1. The van der Waals surface area contributed by atoms with E-state index in [1.807, 2.05) is 30.3 Å². The number of rotatable bonds is 4. The Kier molecular flexibility index (Phi) is 5.57. The van der Waals surface area contributed by atoms with Crippen molar-refractivity contribution in [2.24, 2.45) is 0 Å². The first kappa shape index (κ1) is 21.8. The van der Waals surface area contributed by atoms with Gasteiger partial charge >= 0.3 is 0 Å². The van der Waals surface area contributed by atoms with Crippen molar-refractivity contribution >= 4 is 35.0 Å². The third kappa shape index (κ3) is 4.03. The van der Waals surface area contributed by atoms with E-state index in [2.05, 4.69) is 10.6 Å².